The van der Waals surface area contributed by atoms with Crippen LogP contribution in [0, 0.1) is 5.92 Å². The molecule has 0 aromatic carbocycles. The number of ether oxygens (including phenoxy) is 1. The molecular weight excluding hydrogens is 296 g/mol. The number of hydrogen-bond donors (Lipinski definition) is 1. The smallest absolute Gasteiger partial charge is 0.343 e. The quantitative estimate of drug-likeness (QED) is 0.815. The highest BCUT2D eigenvalue weighted by molar-refractivity contribution is 5.95. The predicted octanol–water partition coefficient (Wildman–Crippen LogP) is 1.43. The third-order valence-electron chi connectivity index (χ3n) is 4.46. The molecule has 1 aliphatic carbocycles. The normalized spacial score (nSPS) is 16.0. The largest absolute Gasteiger partial charge is 0.462 e. The molecule has 1 saturated carbocycles. The van der Waals surface area contributed by atoms with Crippen LogP contribution >= 0.6 is 0 Å². The minimum Gasteiger partial charge on any atom is -0.462 e. The van der Waals surface area contributed by atoms with Gasteiger partial charge in [0.25, 0.3) is 5.56 Å². The lowest BCUT2D eigenvalue weighted by Crippen LogP contribution is -2.31. The van der Waals surface area contributed by atoms with E-state index in [0.717, 1.165) is 5.92 Å². The molecule has 1 aliphatic rings. The van der Waals surface area contributed by atoms with E-state index in [1.807, 2.05) is 7.05 Å². The number of aromatic amines is 1. The van der Waals surface area contributed by atoms with Crippen LogP contribution in [0.4, 0.5) is 0 Å². The maximum atomic E-state index is 12.2. The maximum Gasteiger partial charge on any atom is 0.343 e. The van der Waals surface area contributed by atoms with Crippen molar-refractivity contribution in [2.45, 2.75) is 39.3 Å². The first kappa shape index (κ1) is 15.7. The second-order valence-electron chi connectivity index (χ2n) is 6.15. The van der Waals surface area contributed by atoms with Gasteiger partial charge in [-0.3, -0.25) is 14.8 Å². The Labute approximate surface area is 134 Å². The van der Waals surface area contributed by atoms with E-state index in [2.05, 4.69) is 21.9 Å². The fraction of sp³-hybridized carbons (Fsp3) is 0.562. The average molecular weight is 318 g/mol. The van der Waals surface area contributed by atoms with Crippen LogP contribution in [0.1, 0.15) is 42.7 Å². The van der Waals surface area contributed by atoms with E-state index in [4.69, 9.17) is 4.74 Å². The van der Waals surface area contributed by atoms with Crippen molar-refractivity contribution in [3.05, 3.63) is 33.9 Å². The monoisotopic (exact) mass is 318 g/mol. The molecule has 0 saturated heterocycles. The minimum absolute atomic E-state index is 0.229. The molecular formula is C16H22N4O3. The number of H-pyrrole nitrogens is 1. The summed E-state index contributed by atoms with van der Waals surface area (Å²) in [4.78, 5) is 30.9. The molecule has 2 heterocycles. The molecule has 3 rings (SSSR count). The van der Waals surface area contributed by atoms with Crippen molar-refractivity contribution in [2.75, 3.05) is 13.7 Å². The van der Waals surface area contributed by atoms with Crippen molar-refractivity contribution < 1.29 is 9.53 Å². The van der Waals surface area contributed by atoms with Gasteiger partial charge >= 0.3 is 5.97 Å². The number of rotatable bonds is 6. The van der Waals surface area contributed by atoms with Gasteiger partial charge in [-0.2, -0.15) is 0 Å². The molecule has 124 valence electrons. The van der Waals surface area contributed by atoms with Gasteiger partial charge in [0.05, 0.1) is 12.3 Å². The third kappa shape index (κ3) is 3.14. The molecule has 1 unspecified atom stereocenters. The first-order valence-electron chi connectivity index (χ1n) is 7.98. The van der Waals surface area contributed by atoms with Gasteiger partial charge in [-0.1, -0.05) is 0 Å². The van der Waals surface area contributed by atoms with Gasteiger partial charge in [0.2, 0.25) is 0 Å². The summed E-state index contributed by atoms with van der Waals surface area (Å²) in [6.45, 7) is 4.80. The van der Waals surface area contributed by atoms with E-state index >= 15 is 0 Å². The van der Waals surface area contributed by atoms with E-state index in [9.17, 15) is 9.59 Å². The summed E-state index contributed by atoms with van der Waals surface area (Å²) in [6, 6.07) is 1.97. The molecule has 1 fully saturated rings. The number of esters is 1. The van der Waals surface area contributed by atoms with Gasteiger partial charge in [-0.05, 0) is 39.7 Å². The number of aromatic nitrogens is 3. The van der Waals surface area contributed by atoms with E-state index in [0.29, 0.717) is 23.9 Å². The van der Waals surface area contributed by atoms with Gasteiger partial charge in [0, 0.05) is 24.8 Å². The lowest BCUT2D eigenvalue weighted by atomic mass is 10.2. The Bertz CT molecular complexity index is 775. The van der Waals surface area contributed by atoms with E-state index < -0.39 is 5.97 Å². The fourth-order valence-corrected chi connectivity index (χ4v) is 2.81. The van der Waals surface area contributed by atoms with Crippen LogP contribution in [-0.2, 0) is 11.3 Å². The van der Waals surface area contributed by atoms with Crippen molar-refractivity contribution in [1.29, 1.82) is 0 Å². The number of hydrogen-bond acceptors (Lipinski definition) is 5. The molecule has 0 spiro atoms. The minimum atomic E-state index is -0.477. The molecule has 2 aromatic heterocycles. The summed E-state index contributed by atoms with van der Waals surface area (Å²) in [5.74, 6) is 0.266. The Balaban J connectivity index is 1.90. The summed E-state index contributed by atoms with van der Waals surface area (Å²) in [7, 11) is 2.04. The molecule has 2 aromatic rings. The summed E-state index contributed by atoms with van der Waals surface area (Å²) < 4.78 is 6.27. The molecule has 23 heavy (non-hydrogen) atoms. The second kappa shape index (κ2) is 6.16. The number of carbonyl (C=O) groups is 1. The van der Waals surface area contributed by atoms with Crippen LogP contribution in [0.2, 0.25) is 0 Å². The zero-order valence-electron chi connectivity index (χ0n) is 13.7. The maximum absolute atomic E-state index is 12.2. The Hall–Kier alpha value is -2.15. The zero-order chi connectivity index (χ0) is 16.6. The van der Waals surface area contributed by atoms with Crippen LogP contribution in [0.5, 0.6) is 0 Å². The van der Waals surface area contributed by atoms with Crippen molar-refractivity contribution >= 4 is 11.6 Å². The summed E-state index contributed by atoms with van der Waals surface area (Å²) in [5, 5.41) is 2.75. The first-order chi connectivity index (χ1) is 11.0. The summed E-state index contributed by atoms with van der Waals surface area (Å²) >= 11 is 0. The van der Waals surface area contributed by atoms with Crippen molar-refractivity contribution in [3.63, 3.8) is 0 Å². The number of nitrogens with zero attached hydrogens (tertiary/aromatic N) is 3. The summed E-state index contributed by atoms with van der Waals surface area (Å²) in [6.07, 6.45) is 4.00. The SMILES string of the molecule is CCOC(=O)c1c[nH]n2c(=O)cc(CN(C)C(C)C3CC3)nc12. The predicted molar refractivity (Wildman–Crippen MR) is 85.4 cm³/mol. The Morgan fingerprint density at radius 1 is 1.57 bits per heavy atom. The van der Waals surface area contributed by atoms with Gasteiger partial charge < -0.3 is 4.74 Å². The highest BCUT2D eigenvalue weighted by Crippen LogP contribution is 2.34. The van der Waals surface area contributed by atoms with Gasteiger partial charge in [-0.25, -0.2) is 14.3 Å². The Kier molecular flexibility index (Phi) is 4.21. The molecule has 1 atom stereocenters. The summed E-state index contributed by atoms with van der Waals surface area (Å²) in [5.41, 5.74) is 1.03. The molecule has 0 bridgehead atoms. The van der Waals surface area contributed by atoms with Crippen LogP contribution in [0.15, 0.2) is 17.1 Å². The van der Waals surface area contributed by atoms with E-state index in [1.165, 1.54) is 29.6 Å². The van der Waals surface area contributed by atoms with Crippen LogP contribution < -0.4 is 5.56 Å². The molecule has 0 amide bonds. The van der Waals surface area contributed by atoms with Gasteiger partial charge in [0.15, 0.2) is 5.65 Å². The zero-order valence-corrected chi connectivity index (χ0v) is 13.7. The Morgan fingerprint density at radius 3 is 2.96 bits per heavy atom. The Morgan fingerprint density at radius 2 is 2.30 bits per heavy atom. The van der Waals surface area contributed by atoms with Crippen LogP contribution in [-0.4, -0.2) is 45.2 Å². The van der Waals surface area contributed by atoms with Crippen molar-refractivity contribution in [2.24, 2.45) is 5.92 Å². The molecule has 7 heteroatoms. The number of nitrogens with one attached hydrogen (secondary N) is 1. The molecule has 0 aliphatic heterocycles. The van der Waals surface area contributed by atoms with Crippen molar-refractivity contribution in [1.82, 2.24) is 19.5 Å². The second-order valence-corrected chi connectivity index (χ2v) is 6.15. The topological polar surface area (TPSA) is 79.7 Å². The lowest BCUT2D eigenvalue weighted by molar-refractivity contribution is 0.0528. The first-order valence-corrected chi connectivity index (χ1v) is 7.98. The highest BCUT2D eigenvalue weighted by Gasteiger charge is 2.30. The van der Waals surface area contributed by atoms with Gasteiger partial charge in [-0.15, -0.1) is 0 Å². The van der Waals surface area contributed by atoms with Crippen LogP contribution in [0.25, 0.3) is 5.65 Å². The third-order valence-corrected chi connectivity index (χ3v) is 4.46. The fourth-order valence-electron chi connectivity index (χ4n) is 2.81. The number of fused-ring (bicyclic) bond motifs is 1. The van der Waals surface area contributed by atoms with Crippen molar-refractivity contribution in [3.8, 4) is 0 Å². The van der Waals surface area contributed by atoms with Gasteiger partial charge in [0.1, 0.15) is 5.56 Å². The molecule has 0 radical (unpaired) electrons. The average Bonchev–Trinajstić information content (AvgIpc) is 3.26. The molecule has 7 nitrogen and oxygen atoms in total. The highest BCUT2D eigenvalue weighted by atomic mass is 16.5. The van der Waals surface area contributed by atoms with E-state index in [1.54, 1.807) is 6.92 Å². The molecule has 1 N–H and O–H groups in total. The van der Waals surface area contributed by atoms with Crippen LogP contribution in [0.3, 0.4) is 0 Å². The lowest BCUT2D eigenvalue weighted by Gasteiger charge is -2.24. The number of carbonyl (C=O) groups excluding carboxylic acids is 1. The van der Waals surface area contributed by atoms with E-state index in [-0.39, 0.29) is 17.7 Å². The standard InChI is InChI=1S/C16H22N4O3/c1-4-23-16(22)13-8-17-20-14(21)7-12(18-15(13)20)9-19(3)10(2)11-5-6-11/h7-8,10-11,17H,4-6,9H2,1-3H3.